The number of anilines is 2. The molecule has 2 aromatic rings. The second-order valence-corrected chi connectivity index (χ2v) is 5.49. The van der Waals surface area contributed by atoms with Crippen LogP contribution in [0.5, 0.6) is 0 Å². The Bertz CT molecular complexity index is 666. The minimum atomic E-state index is -0.171. The summed E-state index contributed by atoms with van der Waals surface area (Å²) < 4.78 is 0. The van der Waals surface area contributed by atoms with Crippen molar-refractivity contribution in [2.45, 2.75) is 26.2 Å². The van der Waals surface area contributed by atoms with Crippen LogP contribution < -0.4 is 10.2 Å². The van der Waals surface area contributed by atoms with Crippen LogP contribution in [-0.2, 0) is 9.59 Å². The number of benzene rings is 2. The van der Waals surface area contributed by atoms with Gasteiger partial charge in [-0.3, -0.25) is 9.59 Å². The van der Waals surface area contributed by atoms with Gasteiger partial charge in [0.2, 0.25) is 11.8 Å². The van der Waals surface area contributed by atoms with Gasteiger partial charge in [-0.1, -0.05) is 37.3 Å². The maximum Gasteiger partial charge on any atom is 0.231 e. The van der Waals surface area contributed by atoms with Crippen LogP contribution in [0.4, 0.5) is 11.4 Å². The number of carbonyl (C=O) groups excluding carboxylic acids is 2. The highest BCUT2D eigenvalue weighted by molar-refractivity contribution is 5.96. The topological polar surface area (TPSA) is 49.4 Å². The van der Waals surface area contributed by atoms with Crippen molar-refractivity contribution in [2.75, 3.05) is 17.3 Å². The first-order valence-corrected chi connectivity index (χ1v) is 7.73. The van der Waals surface area contributed by atoms with Crippen LogP contribution >= 0.6 is 0 Å². The molecule has 0 fully saturated rings. The molecule has 1 unspecified atom stereocenters. The number of nitrogens with zero attached hydrogens (tertiary/aromatic N) is 1. The molecule has 0 aromatic heterocycles. The molecule has 0 bridgehead atoms. The first kappa shape index (κ1) is 16.7. The Kier molecular flexibility index (Phi) is 5.52. The summed E-state index contributed by atoms with van der Waals surface area (Å²) in [6.07, 6.45) is 0.737. The lowest BCUT2D eigenvalue weighted by Gasteiger charge is -2.17. The van der Waals surface area contributed by atoms with E-state index in [1.165, 1.54) is 6.92 Å². The molecule has 1 N–H and O–H groups in total. The molecule has 0 spiro atoms. The Morgan fingerprint density at radius 3 is 2.17 bits per heavy atom. The number of carbonyl (C=O) groups is 2. The molecule has 0 heterocycles. The summed E-state index contributed by atoms with van der Waals surface area (Å²) in [5, 5.41) is 2.94. The van der Waals surface area contributed by atoms with E-state index in [2.05, 4.69) is 5.32 Å². The molecule has 2 rings (SSSR count). The van der Waals surface area contributed by atoms with E-state index in [-0.39, 0.29) is 17.7 Å². The zero-order valence-electron chi connectivity index (χ0n) is 13.7. The smallest absolute Gasteiger partial charge is 0.231 e. The lowest BCUT2D eigenvalue weighted by Crippen LogP contribution is -2.23. The minimum Gasteiger partial charge on any atom is -0.326 e. The number of rotatable bonds is 5. The average molecular weight is 310 g/mol. The van der Waals surface area contributed by atoms with Gasteiger partial charge >= 0.3 is 0 Å². The predicted molar refractivity (Wildman–Crippen MR) is 93.6 cm³/mol. The quantitative estimate of drug-likeness (QED) is 0.913. The second-order valence-electron chi connectivity index (χ2n) is 5.49. The largest absolute Gasteiger partial charge is 0.326 e. The first-order valence-electron chi connectivity index (χ1n) is 7.73. The highest BCUT2D eigenvalue weighted by Gasteiger charge is 2.18. The van der Waals surface area contributed by atoms with E-state index in [0.717, 1.165) is 23.4 Å². The first-order chi connectivity index (χ1) is 11.0. The summed E-state index contributed by atoms with van der Waals surface area (Å²) in [5.41, 5.74) is 2.54. The molecule has 4 nitrogen and oxygen atoms in total. The van der Waals surface area contributed by atoms with Gasteiger partial charge in [0.25, 0.3) is 0 Å². The van der Waals surface area contributed by atoms with Crippen molar-refractivity contribution in [3.63, 3.8) is 0 Å². The average Bonchev–Trinajstić information content (AvgIpc) is 2.56. The molecule has 0 aliphatic rings. The van der Waals surface area contributed by atoms with Crippen molar-refractivity contribution < 1.29 is 9.59 Å². The van der Waals surface area contributed by atoms with E-state index in [1.54, 1.807) is 11.9 Å². The minimum absolute atomic E-state index is 0.0219. The van der Waals surface area contributed by atoms with Gasteiger partial charge in [0, 0.05) is 25.3 Å². The van der Waals surface area contributed by atoms with Crippen LogP contribution in [0, 0.1) is 0 Å². The summed E-state index contributed by atoms with van der Waals surface area (Å²) in [7, 11) is 1.72. The van der Waals surface area contributed by atoms with Crippen molar-refractivity contribution in [1.82, 2.24) is 0 Å². The molecular weight excluding hydrogens is 288 g/mol. The van der Waals surface area contributed by atoms with Crippen LogP contribution in [0.25, 0.3) is 0 Å². The molecule has 0 aliphatic heterocycles. The zero-order chi connectivity index (χ0) is 16.8. The Balaban J connectivity index is 2.09. The SMILES string of the molecule is CCC(C(=O)Nc1ccc(N(C)C(C)=O)cc1)c1ccccc1. The maximum atomic E-state index is 12.5. The van der Waals surface area contributed by atoms with Gasteiger partial charge in [0.15, 0.2) is 0 Å². The fraction of sp³-hybridized carbons (Fsp3) is 0.263. The Labute approximate surface area is 137 Å². The summed E-state index contributed by atoms with van der Waals surface area (Å²) in [6, 6.07) is 17.0. The standard InChI is InChI=1S/C19H22N2O2/c1-4-18(15-8-6-5-7-9-15)19(23)20-16-10-12-17(13-11-16)21(3)14(2)22/h5-13,18H,4H2,1-3H3,(H,20,23). The highest BCUT2D eigenvalue weighted by atomic mass is 16.2. The van der Waals surface area contributed by atoms with Gasteiger partial charge in [-0.15, -0.1) is 0 Å². The molecule has 0 saturated heterocycles. The maximum absolute atomic E-state index is 12.5. The Hall–Kier alpha value is -2.62. The fourth-order valence-corrected chi connectivity index (χ4v) is 2.44. The van der Waals surface area contributed by atoms with Crippen molar-refractivity contribution in [3.8, 4) is 0 Å². The van der Waals surface area contributed by atoms with Gasteiger partial charge in [-0.25, -0.2) is 0 Å². The predicted octanol–water partition coefficient (Wildman–Crippen LogP) is 3.80. The van der Waals surface area contributed by atoms with E-state index in [9.17, 15) is 9.59 Å². The monoisotopic (exact) mass is 310 g/mol. The van der Waals surface area contributed by atoms with Gasteiger partial charge in [0.1, 0.15) is 0 Å². The summed E-state index contributed by atoms with van der Waals surface area (Å²) in [5.74, 6) is -0.223. The van der Waals surface area contributed by atoms with Gasteiger partial charge in [-0.05, 0) is 36.2 Å². The molecule has 2 aromatic carbocycles. The molecule has 2 amide bonds. The fourth-order valence-electron chi connectivity index (χ4n) is 2.44. The Morgan fingerprint density at radius 1 is 1.04 bits per heavy atom. The number of nitrogens with one attached hydrogen (secondary N) is 1. The summed E-state index contributed by atoms with van der Waals surface area (Å²) >= 11 is 0. The molecule has 0 aliphatic carbocycles. The molecular formula is C19H22N2O2. The molecule has 0 saturated carbocycles. The van der Waals surface area contributed by atoms with Crippen LogP contribution in [0.2, 0.25) is 0 Å². The van der Waals surface area contributed by atoms with Crippen LogP contribution in [0.15, 0.2) is 54.6 Å². The van der Waals surface area contributed by atoms with Crippen LogP contribution in [0.3, 0.4) is 0 Å². The molecule has 23 heavy (non-hydrogen) atoms. The number of amides is 2. The molecule has 120 valence electrons. The van der Waals surface area contributed by atoms with E-state index in [0.29, 0.717) is 0 Å². The molecule has 0 radical (unpaired) electrons. The summed E-state index contributed by atoms with van der Waals surface area (Å²) in [4.78, 5) is 25.4. The lowest BCUT2D eigenvalue weighted by atomic mass is 9.95. The van der Waals surface area contributed by atoms with E-state index in [4.69, 9.17) is 0 Å². The summed E-state index contributed by atoms with van der Waals surface area (Å²) in [6.45, 7) is 3.52. The van der Waals surface area contributed by atoms with Gasteiger partial charge < -0.3 is 10.2 Å². The van der Waals surface area contributed by atoms with Crippen molar-refractivity contribution >= 4 is 23.2 Å². The van der Waals surface area contributed by atoms with Crippen LogP contribution in [-0.4, -0.2) is 18.9 Å². The van der Waals surface area contributed by atoms with Gasteiger partial charge in [0.05, 0.1) is 5.92 Å². The normalized spacial score (nSPS) is 11.6. The van der Waals surface area contributed by atoms with Crippen molar-refractivity contribution in [1.29, 1.82) is 0 Å². The number of hydrogen-bond donors (Lipinski definition) is 1. The highest BCUT2D eigenvalue weighted by Crippen LogP contribution is 2.23. The van der Waals surface area contributed by atoms with Crippen molar-refractivity contribution in [3.05, 3.63) is 60.2 Å². The lowest BCUT2D eigenvalue weighted by molar-refractivity contribution is -0.118. The van der Waals surface area contributed by atoms with E-state index < -0.39 is 0 Å². The second kappa shape index (κ2) is 7.58. The third-order valence-corrected chi connectivity index (χ3v) is 3.92. The van der Waals surface area contributed by atoms with Crippen LogP contribution in [0.1, 0.15) is 31.7 Å². The molecule has 1 atom stereocenters. The number of hydrogen-bond acceptors (Lipinski definition) is 2. The van der Waals surface area contributed by atoms with E-state index in [1.807, 2.05) is 61.5 Å². The van der Waals surface area contributed by atoms with E-state index >= 15 is 0 Å². The molecule has 4 heteroatoms. The zero-order valence-corrected chi connectivity index (χ0v) is 13.7. The third kappa shape index (κ3) is 4.19. The third-order valence-electron chi connectivity index (χ3n) is 3.92. The van der Waals surface area contributed by atoms with Gasteiger partial charge in [-0.2, -0.15) is 0 Å². The Morgan fingerprint density at radius 2 is 1.65 bits per heavy atom. The van der Waals surface area contributed by atoms with Crippen molar-refractivity contribution in [2.24, 2.45) is 0 Å².